The molecule has 0 bridgehead atoms. The fourth-order valence-corrected chi connectivity index (χ4v) is 1.55. The summed E-state index contributed by atoms with van der Waals surface area (Å²) >= 11 is 0. The Morgan fingerprint density at radius 3 is 3.06 bits per heavy atom. The highest BCUT2D eigenvalue weighted by atomic mass is 16.5. The number of unbranched alkanes of at least 4 members (excludes halogenated alkanes) is 1. The number of carbonyl (C=O) groups is 1. The van der Waals surface area contributed by atoms with Crippen molar-refractivity contribution in [2.24, 2.45) is 5.92 Å². The van der Waals surface area contributed by atoms with Crippen LogP contribution in [0.1, 0.15) is 31.9 Å². The van der Waals surface area contributed by atoms with E-state index < -0.39 is 0 Å². The second-order valence-electron chi connectivity index (χ2n) is 4.21. The van der Waals surface area contributed by atoms with Crippen molar-refractivity contribution < 1.29 is 13.9 Å². The Kier molecular flexibility index (Phi) is 6.62. The van der Waals surface area contributed by atoms with E-state index in [2.05, 4.69) is 17.7 Å². The summed E-state index contributed by atoms with van der Waals surface area (Å²) in [7, 11) is 1.39. The molecule has 0 saturated carbocycles. The van der Waals surface area contributed by atoms with Crippen LogP contribution in [0.25, 0.3) is 6.08 Å². The number of carbonyl (C=O) groups excluding carboxylic acids is 1. The number of rotatable bonds is 7. The molecule has 0 aromatic carbocycles. The molecular formula is C15H20O3. The zero-order chi connectivity index (χ0) is 13.2. The van der Waals surface area contributed by atoms with Crippen molar-refractivity contribution in [2.45, 2.75) is 26.2 Å². The Balaban J connectivity index is 2.14. The molecule has 0 aliphatic carbocycles. The van der Waals surface area contributed by atoms with Gasteiger partial charge in [-0.2, -0.15) is 0 Å². The van der Waals surface area contributed by atoms with Crippen LogP contribution in [-0.4, -0.2) is 13.1 Å². The van der Waals surface area contributed by atoms with Crippen molar-refractivity contribution >= 4 is 12.0 Å². The standard InChI is InChI=1S/C15H20O3/c1-13(10-11-15(16)17-2)7-4-3-5-8-14-9-6-12-18-14/h5-6,8-13H,3-4,7H2,1-2H3/b8-5+,11-10+. The molecule has 0 aliphatic heterocycles. The Bertz CT molecular complexity index is 388. The molecule has 0 N–H and O–H groups in total. The van der Waals surface area contributed by atoms with Gasteiger partial charge in [0.1, 0.15) is 5.76 Å². The average Bonchev–Trinajstić information content (AvgIpc) is 2.88. The molecule has 1 aromatic rings. The van der Waals surface area contributed by atoms with Gasteiger partial charge in [-0.3, -0.25) is 0 Å². The van der Waals surface area contributed by atoms with Crippen LogP contribution < -0.4 is 0 Å². The van der Waals surface area contributed by atoms with Gasteiger partial charge in [0.25, 0.3) is 0 Å². The third-order valence-corrected chi connectivity index (χ3v) is 2.62. The molecule has 1 unspecified atom stereocenters. The van der Waals surface area contributed by atoms with Crippen LogP contribution in [0.5, 0.6) is 0 Å². The maximum atomic E-state index is 10.9. The van der Waals surface area contributed by atoms with Gasteiger partial charge in [-0.05, 0) is 43.4 Å². The molecule has 1 rings (SSSR count). The molecule has 18 heavy (non-hydrogen) atoms. The zero-order valence-corrected chi connectivity index (χ0v) is 11.0. The average molecular weight is 248 g/mol. The summed E-state index contributed by atoms with van der Waals surface area (Å²) in [5, 5.41) is 0. The number of furan rings is 1. The van der Waals surface area contributed by atoms with Gasteiger partial charge >= 0.3 is 5.97 Å². The second-order valence-corrected chi connectivity index (χ2v) is 4.21. The Morgan fingerprint density at radius 1 is 1.56 bits per heavy atom. The molecule has 1 atom stereocenters. The highest BCUT2D eigenvalue weighted by Gasteiger charge is 1.98. The molecule has 3 nitrogen and oxygen atoms in total. The van der Waals surface area contributed by atoms with Gasteiger partial charge < -0.3 is 9.15 Å². The van der Waals surface area contributed by atoms with Crippen LogP contribution in [0.2, 0.25) is 0 Å². The molecular weight excluding hydrogens is 228 g/mol. The fraction of sp³-hybridized carbons (Fsp3) is 0.400. The summed E-state index contributed by atoms with van der Waals surface area (Å²) in [4.78, 5) is 10.9. The van der Waals surface area contributed by atoms with Crippen molar-refractivity contribution in [3.63, 3.8) is 0 Å². The van der Waals surface area contributed by atoms with Crippen LogP contribution in [0, 0.1) is 5.92 Å². The van der Waals surface area contributed by atoms with Gasteiger partial charge in [-0.1, -0.05) is 19.1 Å². The van der Waals surface area contributed by atoms with Gasteiger partial charge in [-0.15, -0.1) is 0 Å². The second kappa shape index (κ2) is 8.34. The SMILES string of the molecule is COC(=O)/C=C/C(C)CCC/C=C/c1ccco1. The van der Waals surface area contributed by atoms with E-state index in [0.29, 0.717) is 5.92 Å². The minimum Gasteiger partial charge on any atom is -0.466 e. The summed E-state index contributed by atoms with van der Waals surface area (Å²) in [5.41, 5.74) is 0. The summed E-state index contributed by atoms with van der Waals surface area (Å²) in [6.45, 7) is 2.09. The quantitative estimate of drug-likeness (QED) is 0.418. The summed E-state index contributed by atoms with van der Waals surface area (Å²) < 4.78 is 9.73. The predicted molar refractivity (Wildman–Crippen MR) is 71.9 cm³/mol. The molecule has 98 valence electrons. The van der Waals surface area contributed by atoms with Gasteiger partial charge in [0, 0.05) is 6.08 Å². The largest absolute Gasteiger partial charge is 0.466 e. The highest BCUT2D eigenvalue weighted by Crippen LogP contribution is 2.11. The number of methoxy groups -OCH3 is 1. The third-order valence-electron chi connectivity index (χ3n) is 2.62. The first-order valence-electron chi connectivity index (χ1n) is 6.18. The van der Waals surface area contributed by atoms with Crippen LogP contribution in [0.3, 0.4) is 0 Å². The number of allylic oxidation sites excluding steroid dienone is 2. The predicted octanol–water partition coefficient (Wildman–Crippen LogP) is 3.83. The van der Waals surface area contributed by atoms with E-state index in [0.717, 1.165) is 25.0 Å². The monoisotopic (exact) mass is 248 g/mol. The van der Waals surface area contributed by atoms with E-state index in [1.807, 2.05) is 24.3 Å². The van der Waals surface area contributed by atoms with E-state index in [1.165, 1.54) is 13.2 Å². The Morgan fingerprint density at radius 2 is 2.39 bits per heavy atom. The molecule has 3 heteroatoms. The molecule has 0 amide bonds. The summed E-state index contributed by atoms with van der Waals surface area (Å²) in [6.07, 6.45) is 12.3. The maximum Gasteiger partial charge on any atom is 0.330 e. The number of hydrogen-bond acceptors (Lipinski definition) is 3. The minimum absolute atomic E-state index is 0.292. The summed E-state index contributed by atoms with van der Waals surface area (Å²) in [5.74, 6) is 0.981. The lowest BCUT2D eigenvalue weighted by atomic mass is 10.0. The van der Waals surface area contributed by atoms with Gasteiger partial charge in [0.05, 0.1) is 13.4 Å². The van der Waals surface area contributed by atoms with E-state index in [1.54, 1.807) is 6.26 Å². The zero-order valence-electron chi connectivity index (χ0n) is 11.0. The lowest BCUT2D eigenvalue weighted by molar-refractivity contribution is -0.134. The topological polar surface area (TPSA) is 39.4 Å². The Hall–Kier alpha value is -1.77. The molecule has 0 spiro atoms. The van der Waals surface area contributed by atoms with Crippen molar-refractivity contribution in [3.05, 3.63) is 42.4 Å². The van der Waals surface area contributed by atoms with Crippen molar-refractivity contribution in [1.29, 1.82) is 0 Å². The van der Waals surface area contributed by atoms with E-state index in [-0.39, 0.29) is 5.97 Å². The number of hydrogen-bond donors (Lipinski definition) is 0. The van der Waals surface area contributed by atoms with Gasteiger partial charge in [0.2, 0.25) is 0 Å². The first-order valence-corrected chi connectivity index (χ1v) is 6.18. The lowest BCUT2D eigenvalue weighted by Gasteiger charge is -2.03. The van der Waals surface area contributed by atoms with Crippen LogP contribution >= 0.6 is 0 Å². The van der Waals surface area contributed by atoms with E-state index >= 15 is 0 Å². The maximum absolute atomic E-state index is 10.9. The normalized spacial score (nSPS) is 13.2. The van der Waals surface area contributed by atoms with Crippen molar-refractivity contribution in [1.82, 2.24) is 0 Å². The molecule has 0 radical (unpaired) electrons. The fourth-order valence-electron chi connectivity index (χ4n) is 1.55. The van der Waals surface area contributed by atoms with E-state index in [4.69, 9.17) is 4.42 Å². The molecule has 0 saturated heterocycles. The summed E-state index contributed by atoms with van der Waals surface area (Å²) in [6, 6.07) is 3.80. The third kappa shape index (κ3) is 6.09. The molecule has 1 heterocycles. The van der Waals surface area contributed by atoms with Crippen LogP contribution in [-0.2, 0) is 9.53 Å². The highest BCUT2D eigenvalue weighted by molar-refractivity contribution is 5.81. The minimum atomic E-state index is -0.292. The van der Waals surface area contributed by atoms with Crippen molar-refractivity contribution in [2.75, 3.05) is 7.11 Å². The first-order chi connectivity index (χ1) is 8.72. The first kappa shape index (κ1) is 14.3. The Labute approximate surface area is 108 Å². The van der Waals surface area contributed by atoms with Crippen LogP contribution in [0.15, 0.2) is 41.0 Å². The molecule has 0 aliphatic rings. The van der Waals surface area contributed by atoms with E-state index in [9.17, 15) is 4.79 Å². The van der Waals surface area contributed by atoms with Crippen molar-refractivity contribution in [3.8, 4) is 0 Å². The smallest absolute Gasteiger partial charge is 0.330 e. The van der Waals surface area contributed by atoms with Gasteiger partial charge in [-0.25, -0.2) is 4.79 Å². The number of ether oxygens (including phenoxy) is 1. The van der Waals surface area contributed by atoms with Crippen LogP contribution in [0.4, 0.5) is 0 Å². The van der Waals surface area contributed by atoms with Gasteiger partial charge in [0.15, 0.2) is 0 Å². The molecule has 1 aromatic heterocycles. The molecule has 0 fully saturated rings. The lowest BCUT2D eigenvalue weighted by Crippen LogP contribution is -1.96. The number of esters is 1.